The van der Waals surface area contributed by atoms with E-state index >= 15 is 0 Å². The van der Waals surface area contributed by atoms with Crippen molar-refractivity contribution in [2.75, 3.05) is 19.3 Å². The maximum atomic E-state index is 12.0. The second-order valence-corrected chi connectivity index (χ2v) is 8.47. The summed E-state index contributed by atoms with van der Waals surface area (Å²) in [5, 5.41) is 3.44. The van der Waals surface area contributed by atoms with Crippen molar-refractivity contribution in [3.8, 4) is 0 Å². The van der Waals surface area contributed by atoms with Crippen molar-refractivity contribution in [3.05, 3.63) is 70.7 Å². The molecule has 0 aliphatic carbocycles. The van der Waals surface area contributed by atoms with Gasteiger partial charge in [-0.2, -0.15) is 0 Å². The van der Waals surface area contributed by atoms with E-state index in [1.807, 2.05) is 42.5 Å². The van der Waals surface area contributed by atoms with Gasteiger partial charge in [0.15, 0.2) is 0 Å². The van der Waals surface area contributed by atoms with Crippen LogP contribution in [0.3, 0.4) is 0 Å². The van der Waals surface area contributed by atoms with Crippen molar-refractivity contribution < 1.29 is 13.2 Å². The number of hydrogen-bond donors (Lipinski definition) is 1. The Morgan fingerprint density at radius 3 is 2.27 bits per heavy atom. The summed E-state index contributed by atoms with van der Waals surface area (Å²) in [6.07, 6.45) is 1.90. The molecule has 0 unspecified atom stereocenters. The molecule has 1 N–H and O–H groups in total. The smallest absolute Gasteiger partial charge is 0.221 e. The number of sulfonamides is 1. The Hall–Kier alpha value is -1.89. The number of carbonyl (C=O) groups excluding carboxylic acids is 1. The molecule has 2 rings (SSSR count). The number of rotatable bonds is 9. The molecule has 0 heterocycles. The summed E-state index contributed by atoms with van der Waals surface area (Å²) in [5.41, 5.74) is 2.00. The van der Waals surface area contributed by atoms with Crippen LogP contribution in [0, 0.1) is 0 Å². The maximum Gasteiger partial charge on any atom is 0.221 e. The molecular weight excluding hydrogens is 372 g/mol. The molecular formula is C19H23ClN2O3S. The number of carbonyl (C=O) groups is 1. The fourth-order valence-corrected chi connectivity index (χ4v) is 3.43. The standard InChI is InChI=1S/C19H23ClN2O3S/c1-26(24,25)22(13-11-16-5-3-2-4-6-16)14-12-19(23)21-15-17-7-9-18(20)10-8-17/h2-10H,11-15H2,1H3,(H,21,23). The highest BCUT2D eigenvalue weighted by molar-refractivity contribution is 7.88. The molecule has 2 aromatic rings. The minimum absolute atomic E-state index is 0.120. The van der Waals surface area contributed by atoms with Gasteiger partial charge >= 0.3 is 0 Å². The zero-order valence-electron chi connectivity index (χ0n) is 14.7. The Kier molecular flexibility index (Phi) is 7.63. The summed E-state index contributed by atoms with van der Waals surface area (Å²) < 4.78 is 25.3. The van der Waals surface area contributed by atoms with Crippen LogP contribution in [-0.4, -0.2) is 38.0 Å². The average molecular weight is 395 g/mol. The molecule has 0 atom stereocenters. The highest BCUT2D eigenvalue weighted by Gasteiger charge is 2.17. The van der Waals surface area contributed by atoms with Crippen LogP contribution in [0.15, 0.2) is 54.6 Å². The molecule has 5 nitrogen and oxygen atoms in total. The van der Waals surface area contributed by atoms with Gasteiger partial charge in [-0.3, -0.25) is 4.79 Å². The van der Waals surface area contributed by atoms with Gasteiger partial charge in [-0.15, -0.1) is 0 Å². The summed E-state index contributed by atoms with van der Waals surface area (Å²) in [5.74, 6) is -0.187. The fraction of sp³-hybridized carbons (Fsp3) is 0.316. The molecule has 0 aromatic heterocycles. The van der Waals surface area contributed by atoms with Crippen LogP contribution in [0.1, 0.15) is 17.5 Å². The number of halogens is 1. The first-order chi connectivity index (χ1) is 12.3. The SMILES string of the molecule is CS(=O)(=O)N(CCC(=O)NCc1ccc(Cl)cc1)CCc1ccccc1. The van der Waals surface area contributed by atoms with Crippen molar-refractivity contribution in [3.63, 3.8) is 0 Å². The molecule has 0 bridgehead atoms. The van der Waals surface area contributed by atoms with E-state index in [9.17, 15) is 13.2 Å². The van der Waals surface area contributed by atoms with E-state index in [0.717, 1.165) is 11.1 Å². The van der Waals surface area contributed by atoms with Crippen molar-refractivity contribution in [2.24, 2.45) is 0 Å². The molecule has 0 saturated carbocycles. The topological polar surface area (TPSA) is 66.5 Å². The predicted octanol–water partition coefficient (Wildman–Crippen LogP) is 2.85. The molecule has 0 radical (unpaired) electrons. The first-order valence-corrected chi connectivity index (χ1v) is 10.6. The summed E-state index contributed by atoms with van der Waals surface area (Å²) in [6, 6.07) is 16.9. The second kappa shape index (κ2) is 9.71. The minimum atomic E-state index is -3.36. The summed E-state index contributed by atoms with van der Waals surface area (Å²) >= 11 is 5.83. The average Bonchev–Trinajstić information content (AvgIpc) is 2.61. The highest BCUT2D eigenvalue weighted by Crippen LogP contribution is 2.09. The first-order valence-electron chi connectivity index (χ1n) is 8.35. The minimum Gasteiger partial charge on any atom is -0.352 e. The lowest BCUT2D eigenvalue weighted by atomic mass is 10.1. The largest absolute Gasteiger partial charge is 0.352 e. The van der Waals surface area contributed by atoms with Gasteiger partial charge in [0.05, 0.1) is 6.26 Å². The molecule has 7 heteroatoms. The molecule has 140 valence electrons. The number of amides is 1. The molecule has 0 saturated heterocycles. The molecule has 1 amide bonds. The Morgan fingerprint density at radius 2 is 1.65 bits per heavy atom. The summed E-state index contributed by atoms with van der Waals surface area (Å²) in [6.45, 7) is 0.907. The van der Waals surface area contributed by atoms with Gasteiger partial charge in [-0.25, -0.2) is 12.7 Å². The molecule has 26 heavy (non-hydrogen) atoms. The molecule has 0 spiro atoms. The molecule has 0 aliphatic heterocycles. The predicted molar refractivity (Wildman–Crippen MR) is 104 cm³/mol. The van der Waals surface area contributed by atoms with Crippen molar-refractivity contribution in [2.45, 2.75) is 19.4 Å². The van der Waals surface area contributed by atoms with Gasteiger partial charge in [0.25, 0.3) is 0 Å². The van der Waals surface area contributed by atoms with Crippen LogP contribution in [0.2, 0.25) is 5.02 Å². The van der Waals surface area contributed by atoms with Gasteiger partial charge in [0.1, 0.15) is 0 Å². The first kappa shape index (κ1) is 20.4. The molecule has 0 fully saturated rings. The summed E-state index contributed by atoms with van der Waals surface area (Å²) in [7, 11) is -3.36. The maximum absolute atomic E-state index is 12.0. The van der Waals surface area contributed by atoms with E-state index < -0.39 is 10.0 Å². The lowest BCUT2D eigenvalue weighted by Crippen LogP contribution is -2.35. The van der Waals surface area contributed by atoms with E-state index in [1.165, 1.54) is 10.6 Å². The molecule has 2 aromatic carbocycles. The fourth-order valence-electron chi connectivity index (χ4n) is 2.46. The number of nitrogens with one attached hydrogen (secondary N) is 1. The quantitative estimate of drug-likeness (QED) is 0.711. The highest BCUT2D eigenvalue weighted by atomic mass is 35.5. The van der Waals surface area contributed by atoms with Gasteiger partial charge in [-0.05, 0) is 29.7 Å². The van der Waals surface area contributed by atoms with Crippen LogP contribution < -0.4 is 5.32 Å². The summed E-state index contributed by atoms with van der Waals surface area (Å²) in [4.78, 5) is 12.0. The Labute approximate surface area is 160 Å². The van der Waals surface area contributed by atoms with Gasteiger partial charge in [-0.1, -0.05) is 54.1 Å². The van der Waals surface area contributed by atoms with Gasteiger partial charge < -0.3 is 5.32 Å². The van der Waals surface area contributed by atoms with Crippen LogP contribution >= 0.6 is 11.6 Å². The lowest BCUT2D eigenvalue weighted by Gasteiger charge is -2.19. The van der Waals surface area contributed by atoms with Crippen LogP contribution in [0.5, 0.6) is 0 Å². The zero-order chi connectivity index (χ0) is 19.0. The van der Waals surface area contributed by atoms with Crippen molar-refractivity contribution in [1.82, 2.24) is 9.62 Å². The van der Waals surface area contributed by atoms with E-state index in [1.54, 1.807) is 12.1 Å². The Bertz CT molecular complexity index is 808. The van der Waals surface area contributed by atoms with E-state index in [-0.39, 0.29) is 18.9 Å². The normalized spacial score (nSPS) is 11.5. The zero-order valence-corrected chi connectivity index (χ0v) is 16.3. The van der Waals surface area contributed by atoms with E-state index in [0.29, 0.717) is 24.5 Å². The van der Waals surface area contributed by atoms with Crippen LogP contribution in [-0.2, 0) is 27.8 Å². The Balaban J connectivity index is 1.82. The van der Waals surface area contributed by atoms with Crippen LogP contribution in [0.25, 0.3) is 0 Å². The number of nitrogens with zero attached hydrogens (tertiary/aromatic N) is 1. The van der Waals surface area contributed by atoms with Crippen molar-refractivity contribution >= 4 is 27.5 Å². The lowest BCUT2D eigenvalue weighted by molar-refractivity contribution is -0.121. The van der Waals surface area contributed by atoms with Crippen LogP contribution in [0.4, 0.5) is 0 Å². The number of benzene rings is 2. The monoisotopic (exact) mass is 394 g/mol. The second-order valence-electron chi connectivity index (χ2n) is 6.05. The third-order valence-corrected chi connectivity index (χ3v) is 5.51. The molecule has 0 aliphatic rings. The van der Waals surface area contributed by atoms with Crippen molar-refractivity contribution in [1.29, 1.82) is 0 Å². The number of hydrogen-bond acceptors (Lipinski definition) is 3. The van der Waals surface area contributed by atoms with Gasteiger partial charge in [0.2, 0.25) is 15.9 Å². The van der Waals surface area contributed by atoms with Gasteiger partial charge in [0, 0.05) is 31.1 Å². The van der Waals surface area contributed by atoms with E-state index in [4.69, 9.17) is 11.6 Å². The van der Waals surface area contributed by atoms with E-state index in [2.05, 4.69) is 5.32 Å². The third kappa shape index (κ3) is 7.15. The Morgan fingerprint density at radius 1 is 1.00 bits per heavy atom. The third-order valence-electron chi connectivity index (χ3n) is 3.95.